The number of likely N-dealkylation sites (tertiary alicyclic amines) is 1. The first kappa shape index (κ1) is 16.0. The molecule has 0 N–H and O–H groups in total. The van der Waals surface area contributed by atoms with Gasteiger partial charge in [-0.2, -0.15) is 5.10 Å². The van der Waals surface area contributed by atoms with E-state index >= 15 is 0 Å². The number of carbonyl (C=O) groups excluding carboxylic acids is 2. The van der Waals surface area contributed by atoms with Crippen molar-refractivity contribution in [2.45, 2.75) is 57.0 Å². The fraction of sp³-hybridized carbons (Fsp3) is 0.706. The predicted molar refractivity (Wildman–Crippen MR) is 87.3 cm³/mol. The maximum atomic E-state index is 12.8. The minimum atomic E-state index is 0.0269. The molecule has 1 saturated heterocycles. The van der Waals surface area contributed by atoms with Gasteiger partial charge in [0.2, 0.25) is 0 Å². The van der Waals surface area contributed by atoms with Gasteiger partial charge in [0.15, 0.2) is 5.78 Å². The molecule has 2 fully saturated rings. The van der Waals surface area contributed by atoms with Crippen LogP contribution in [0, 0.1) is 0 Å². The van der Waals surface area contributed by atoms with Crippen molar-refractivity contribution >= 4 is 11.8 Å². The zero-order valence-corrected chi connectivity index (χ0v) is 14.1. The van der Waals surface area contributed by atoms with Crippen molar-refractivity contribution in [3.63, 3.8) is 0 Å². The van der Waals surface area contributed by atoms with Gasteiger partial charge >= 0.3 is 6.03 Å². The summed E-state index contributed by atoms with van der Waals surface area (Å²) in [5, 5.41) is 4.05. The van der Waals surface area contributed by atoms with E-state index in [1.54, 1.807) is 24.1 Å². The summed E-state index contributed by atoms with van der Waals surface area (Å²) >= 11 is 0. The summed E-state index contributed by atoms with van der Waals surface area (Å²) < 4.78 is 1.64. The van der Waals surface area contributed by atoms with Crippen molar-refractivity contribution < 1.29 is 9.59 Å². The molecule has 0 spiro atoms. The summed E-state index contributed by atoms with van der Waals surface area (Å²) in [6, 6.07) is 0.496. The molecule has 1 aromatic rings. The lowest BCUT2D eigenvalue weighted by Crippen LogP contribution is -2.47. The normalized spacial score (nSPS) is 21.8. The quantitative estimate of drug-likeness (QED) is 0.801. The average Bonchev–Trinajstić information content (AvgIpc) is 3.26. The molecule has 1 aromatic heterocycles. The molecule has 3 rings (SSSR count). The fourth-order valence-electron chi connectivity index (χ4n) is 3.85. The molecular formula is C17H26N4O2. The summed E-state index contributed by atoms with van der Waals surface area (Å²) in [5.41, 5.74) is 0.635. The van der Waals surface area contributed by atoms with Gasteiger partial charge in [0.25, 0.3) is 0 Å². The standard InChI is InChI=1S/C17H26N4O2/c1-19-12-13(11-18-19)16(22)10-15-8-5-9-21(15)17(23)20(2)14-6-3-4-7-14/h11-12,14-15H,3-10H2,1-2H3. The molecule has 1 aliphatic heterocycles. The average molecular weight is 318 g/mol. The van der Waals surface area contributed by atoms with Gasteiger partial charge < -0.3 is 9.80 Å². The zero-order valence-electron chi connectivity index (χ0n) is 14.1. The Balaban J connectivity index is 1.62. The number of hydrogen-bond donors (Lipinski definition) is 0. The second kappa shape index (κ2) is 6.72. The van der Waals surface area contributed by atoms with E-state index in [4.69, 9.17) is 0 Å². The molecular weight excluding hydrogens is 292 g/mol. The minimum Gasteiger partial charge on any atom is -0.325 e. The molecule has 6 nitrogen and oxygen atoms in total. The van der Waals surface area contributed by atoms with E-state index in [9.17, 15) is 9.59 Å². The molecule has 1 atom stereocenters. The number of amides is 2. The van der Waals surface area contributed by atoms with Crippen LogP contribution >= 0.6 is 0 Å². The SMILES string of the molecule is CN(C(=O)N1CCCC1CC(=O)c1cnn(C)c1)C1CCCC1. The van der Waals surface area contributed by atoms with E-state index in [0.717, 1.165) is 32.2 Å². The molecule has 0 aromatic carbocycles. The van der Waals surface area contributed by atoms with Crippen LogP contribution in [0.2, 0.25) is 0 Å². The van der Waals surface area contributed by atoms with Crippen molar-refractivity contribution in [2.75, 3.05) is 13.6 Å². The van der Waals surface area contributed by atoms with Crippen LogP contribution in [0.3, 0.4) is 0 Å². The topological polar surface area (TPSA) is 58.4 Å². The number of Topliss-reactive ketones (excluding diaryl/α,β-unsaturated/α-hetero) is 1. The Morgan fingerprint density at radius 2 is 2.00 bits per heavy atom. The highest BCUT2D eigenvalue weighted by atomic mass is 16.2. The first-order chi connectivity index (χ1) is 11.1. The van der Waals surface area contributed by atoms with Gasteiger partial charge in [0.1, 0.15) is 0 Å². The maximum Gasteiger partial charge on any atom is 0.320 e. The van der Waals surface area contributed by atoms with Gasteiger partial charge in [-0.25, -0.2) is 4.79 Å². The van der Waals surface area contributed by atoms with Crippen LogP contribution in [0.5, 0.6) is 0 Å². The van der Waals surface area contributed by atoms with Crippen molar-refractivity contribution in [2.24, 2.45) is 7.05 Å². The molecule has 2 amide bonds. The zero-order chi connectivity index (χ0) is 16.4. The lowest BCUT2D eigenvalue weighted by atomic mass is 10.0. The number of aromatic nitrogens is 2. The summed E-state index contributed by atoms with van der Waals surface area (Å²) in [6.07, 6.45) is 10.3. The number of rotatable bonds is 4. The van der Waals surface area contributed by atoms with E-state index in [1.807, 2.05) is 16.8 Å². The Hall–Kier alpha value is -1.85. The van der Waals surface area contributed by atoms with E-state index in [1.165, 1.54) is 12.8 Å². The van der Waals surface area contributed by atoms with E-state index in [2.05, 4.69) is 5.10 Å². The van der Waals surface area contributed by atoms with Crippen LogP contribution in [0.1, 0.15) is 55.3 Å². The fourth-order valence-corrected chi connectivity index (χ4v) is 3.85. The van der Waals surface area contributed by atoms with E-state index < -0.39 is 0 Å². The lowest BCUT2D eigenvalue weighted by molar-refractivity contribution is 0.0937. The van der Waals surface area contributed by atoms with E-state index in [-0.39, 0.29) is 17.9 Å². The molecule has 1 saturated carbocycles. The molecule has 126 valence electrons. The molecule has 1 aliphatic carbocycles. The molecule has 2 heterocycles. The van der Waals surface area contributed by atoms with Crippen LogP contribution in [0.15, 0.2) is 12.4 Å². The third-order valence-electron chi connectivity index (χ3n) is 5.24. The number of carbonyl (C=O) groups is 2. The Labute approximate surface area is 137 Å². The summed E-state index contributed by atoms with van der Waals surface area (Å²) in [7, 11) is 3.72. The Morgan fingerprint density at radius 3 is 2.65 bits per heavy atom. The molecule has 23 heavy (non-hydrogen) atoms. The van der Waals surface area contributed by atoms with Gasteiger partial charge in [-0.05, 0) is 25.7 Å². The van der Waals surface area contributed by atoms with Gasteiger partial charge in [0, 0.05) is 45.3 Å². The largest absolute Gasteiger partial charge is 0.325 e. The van der Waals surface area contributed by atoms with Gasteiger partial charge in [-0.15, -0.1) is 0 Å². The number of nitrogens with zero attached hydrogens (tertiary/aromatic N) is 4. The van der Waals surface area contributed by atoms with Crippen LogP contribution in [0.25, 0.3) is 0 Å². The maximum absolute atomic E-state index is 12.8. The molecule has 0 radical (unpaired) electrons. The third kappa shape index (κ3) is 3.41. The van der Waals surface area contributed by atoms with Crippen LogP contribution in [0.4, 0.5) is 4.79 Å². The number of ketones is 1. The first-order valence-electron chi connectivity index (χ1n) is 8.61. The van der Waals surface area contributed by atoms with Crippen LogP contribution in [-0.2, 0) is 7.05 Å². The molecule has 0 bridgehead atoms. The van der Waals surface area contributed by atoms with Crippen molar-refractivity contribution in [1.29, 1.82) is 0 Å². The number of aryl methyl sites for hydroxylation is 1. The number of urea groups is 1. The van der Waals surface area contributed by atoms with Gasteiger partial charge in [-0.3, -0.25) is 9.48 Å². The van der Waals surface area contributed by atoms with E-state index in [0.29, 0.717) is 18.0 Å². The van der Waals surface area contributed by atoms with Crippen molar-refractivity contribution in [3.05, 3.63) is 18.0 Å². The van der Waals surface area contributed by atoms with Crippen molar-refractivity contribution in [3.8, 4) is 0 Å². The second-order valence-electron chi connectivity index (χ2n) is 6.85. The van der Waals surface area contributed by atoms with Crippen LogP contribution in [-0.4, -0.2) is 57.1 Å². The Kier molecular flexibility index (Phi) is 4.68. The van der Waals surface area contributed by atoms with Gasteiger partial charge in [-0.1, -0.05) is 12.8 Å². The predicted octanol–water partition coefficient (Wildman–Crippen LogP) is 2.45. The molecule has 6 heteroatoms. The highest BCUT2D eigenvalue weighted by molar-refractivity contribution is 5.96. The summed E-state index contributed by atoms with van der Waals surface area (Å²) in [4.78, 5) is 29.0. The lowest BCUT2D eigenvalue weighted by Gasteiger charge is -2.32. The molecule has 2 aliphatic rings. The summed E-state index contributed by atoms with van der Waals surface area (Å²) in [6.45, 7) is 0.765. The van der Waals surface area contributed by atoms with Gasteiger partial charge in [0.05, 0.1) is 11.8 Å². The van der Waals surface area contributed by atoms with Crippen molar-refractivity contribution in [1.82, 2.24) is 19.6 Å². The Bertz CT molecular complexity index is 577. The first-order valence-corrected chi connectivity index (χ1v) is 8.61. The highest BCUT2D eigenvalue weighted by Crippen LogP contribution is 2.27. The highest BCUT2D eigenvalue weighted by Gasteiger charge is 2.34. The monoisotopic (exact) mass is 318 g/mol. The Morgan fingerprint density at radius 1 is 1.26 bits per heavy atom. The van der Waals surface area contributed by atoms with Crippen LogP contribution < -0.4 is 0 Å². The minimum absolute atomic E-state index is 0.0269. The summed E-state index contributed by atoms with van der Waals surface area (Å²) in [5.74, 6) is 0.0753. The second-order valence-corrected chi connectivity index (χ2v) is 6.85. The smallest absolute Gasteiger partial charge is 0.320 e. The molecule has 1 unspecified atom stereocenters. The number of hydrogen-bond acceptors (Lipinski definition) is 3. The third-order valence-corrected chi connectivity index (χ3v) is 5.24.